The first-order chi connectivity index (χ1) is 12.2. The van der Waals surface area contributed by atoms with Gasteiger partial charge in [0.25, 0.3) is 0 Å². The van der Waals surface area contributed by atoms with E-state index in [1.54, 1.807) is 0 Å². The minimum Gasteiger partial charge on any atom is -0.339 e. The Hall–Kier alpha value is -1.05. The Labute approximate surface area is 180 Å². The van der Waals surface area contributed by atoms with Gasteiger partial charge in [-0.15, -0.1) is 0 Å². The highest BCUT2D eigenvalue weighted by atomic mass is 79.9. The minimum absolute atomic E-state index is 0.159. The van der Waals surface area contributed by atoms with Gasteiger partial charge in [-0.1, -0.05) is 81.1 Å². The van der Waals surface area contributed by atoms with Crippen molar-refractivity contribution in [1.29, 1.82) is 0 Å². The average Bonchev–Trinajstić information content (AvgIpc) is 2.56. The zero-order valence-corrected chi connectivity index (χ0v) is 18.0. The monoisotopic (exact) mass is 493 g/mol. The van der Waals surface area contributed by atoms with Crippen LogP contribution in [0.25, 0.3) is 0 Å². The molecule has 0 saturated heterocycles. The fraction of sp³-hybridized carbons (Fsp3) is 0.176. The summed E-state index contributed by atoms with van der Waals surface area (Å²) < 4.78 is -0.855. The molecular formula is C17H15BrCl3N3OS. The lowest BCUT2D eigenvalue weighted by molar-refractivity contribution is -0.121. The van der Waals surface area contributed by atoms with Crippen LogP contribution in [0.5, 0.6) is 0 Å². The van der Waals surface area contributed by atoms with Gasteiger partial charge in [0.05, 0.1) is 6.42 Å². The van der Waals surface area contributed by atoms with Crippen molar-refractivity contribution in [1.82, 2.24) is 10.6 Å². The quantitative estimate of drug-likeness (QED) is 0.317. The van der Waals surface area contributed by atoms with Crippen LogP contribution in [-0.2, 0) is 11.2 Å². The molecule has 0 unspecified atom stereocenters. The first kappa shape index (κ1) is 21.3. The van der Waals surface area contributed by atoms with Crippen LogP contribution in [0.3, 0.4) is 0 Å². The van der Waals surface area contributed by atoms with E-state index < -0.39 is 9.96 Å². The second-order valence-corrected chi connectivity index (χ2v) is 9.00. The second kappa shape index (κ2) is 9.76. The molecule has 0 aliphatic carbocycles. The number of halogens is 4. The van der Waals surface area contributed by atoms with Gasteiger partial charge in [0.1, 0.15) is 6.17 Å². The van der Waals surface area contributed by atoms with Gasteiger partial charge in [-0.25, -0.2) is 0 Å². The molecule has 138 valence electrons. The molecule has 0 spiro atoms. The number of alkyl halides is 3. The van der Waals surface area contributed by atoms with E-state index >= 15 is 0 Å². The van der Waals surface area contributed by atoms with Gasteiger partial charge in [-0.3, -0.25) is 4.79 Å². The van der Waals surface area contributed by atoms with Gasteiger partial charge in [0.15, 0.2) is 5.11 Å². The number of amides is 1. The van der Waals surface area contributed by atoms with E-state index in [0.29, 0.717) is 0 Å². The Morgan fingerprint density at radius 3 is 2.23 bits per heavy atom. The maximum absolute atomic E-state index is 12.3. The summed E-state index contributed by atoms with van der Waals surface area (Å²) in [4.78, 5) is 12.3. The minimum atomic E-state index is -1.79. The van der Waals surface area contributed by atoms with Gasteiger partial charge >= 0.3 is 0 Å². The molecule has 2 aromatic rings. The first-order valence-electron chi connectivity index (χ1n) is 7.47. The third kappa shape index (κ3) is 7.29. The van der Waals surface area contributed by atoms with E-state index in [0.717, 1.165) is 15.7 Å². The summed E-state index contributed by atoms with van der Waals surface area (Å²) in [7, 11) is 0. The Bertz CT molecular complexity index is 754. The van der Waals surface area contributed by atoms with Crippen LogP contribution in [0.1, 0.15) is 5.56 Å². The number of carbonyl (C=O) groups is 1. The summed E-state index contributed by atoms with van der Waals surface area (Å²) in [6, 6.07) is 16.6. The molecule has 0 fully saturated rings. The van der Waals surface area contributed by atoms with E-state index in [2.05, 4.69) is 31.9 Å². The van der Waals surface area contributed by atoms with Crippen LogP contribution in [-0.4, -0.2) is 21.0 Å². The van der Waals surface area contributed by atoms with Gasteiger partial charge < -0.3 is 16.0 Å². The summed E-state index contributed by atoms with van der Waals surface area (Å²) in [5.74, 6) is -0.300. The highest BCUT2D eigenvalue weighted by Gasteiger charge is 2.34. The number of hydrogen-bond acceptors (Lipinski definition) is 2. The molecule has 1 atom stereocenters. The fourth-order valence-electron chi connectivity index (χ4n) is 2.02. The lowest BCUT2D eigenvalue weighted by Crippen LogP contribution is -2.56. The van der Waals surface area contributed by atoms with E-state index in [9.17, 15) is 4.79 Å². The molecule has 0 bridgehead atoms. The molecule has 0 radical (unpaired) electrons. The van der Waals surface area contributed by atoms with E-state index in [4.69, 9.17) is 47.0 Å². The molecule has 0 saturated carbocycles. The molecule has 26 heavy (non-hydrogen) atoms. The van der Waals surface area contributed by atoms with Crippen LogP contribution >= 0.6 is 63.0 Å². The smallest absolute Gasteiger partial charge is 0.228 e. The highest BCUT2D eigenvalue weighted by molar-refractivity contribution is 9.10. The van der Waals surface area contributed by atoms with Crippen molar-refractivity contribution < 1.29 is 4.79 Å². The largest absolute Gasteiger partial charge is 0.339 e. The fourth-order valence-corrected chi connectivity index (χ4v) is 2.85. The molecule has 2 aromatic carbocycles. The number of hydrogen-bond donors (Lipinski definition) is 3. The molecule has 0 aliphatic rings. The number of nitrogens with one attached hydrogen (secondary N) is 3. The molecule has 4 nitrogen and oxygen atoms in total. The molecule has 0 aliphatic heterocycles. The van der Waals surface area contributed by atoms with Crippen LogP contribution in [0, 0.1) is 0 Å². The molecule has 3 N–H and O–H groups in total. The van der Waals surface area contributed by atoms with Crippen molar-refractivity contribution >= 4 is 79.7 Å². The van der Waals surface area contributed by atoms with E-state index in [1.807, 2.05) is 54.6 Å². The average molecular weight is 496 g/mol. The van der Waals surface area contributed by atoms with Crippen LogP contribution < -0.4 is 16.0 Å². The molecule has 0 heterocycles. The predicted molar refractivity (Wildman–Crippen MR) is 116 cm³/mol. The summed E-state index contributed by atoms with van der Waals surface area (Å²) in [6.45, 7) is 0. The number of thiocarbonyl (C=S) groups is 1. The Kier molecular flexibility index (Phi) is 7.98. The molecular weight excluding hydrogens is 481 g/mol. The molecule has 2 rings (SSSR count). The Balaban J connectivity index is 1.97. The van der Waals surface area contributed by atoms with Crippen molar-refractivity contribution in [2.75, 3.05) is 5.32 Å². The number of anilines is 1. The SMILES string of the molecule is O=C(Cc1ccccc1)N[C@H](NC(=S)Nc1ccc(Br)cc1)C(Cl)(Cl)Cl. The van der Waals surface area contributed by atoms with E-state index in [-0.39, 0.29) is 17.4 Å². The molecule has 1 amide bonds. The van der Waals surface area contributed by atoms with E-state index in [1.165, 1.54) is 0 Å². The third-order valence-electron chi connectivity index (χ3n) is 3.22. The number of carbonyl (C=O) groups excluding carboxylic acids is 1. The van der Waals surface area contributed by atoms with Crippen molar-refractivity contribution in [2.24, 2.45) is 0 Å². The second-order valence-electron chi connectivity index (χ2n) is 5.31. The van der Waals surface area contributed by atoms with Crippen LogP contribution in [0.2, 0.25) is 0 Å². The summed E-state index contributed by atoms with van der Waals surface area (Å²) in [5.41, 5.74) is 1.60. The highest BCUT2D eigenvalue weighted by Crippen LogP contribution is 2.29. The normalized spacial score (nSPS) is 12.2. The summed E-state index contributed by atoms with van der Waals surface area (Å²) >= 11 is 26.5. The van der Waals surface area contributed by atoms with Crippen molar-refractivity contribution in [3.8, 4) is 0 Å². The van der Waals surface area contributed by atoms with Crippen molar-refractivity contribution in [3.63, 3.8) is 0 Å². The Morgan fingerprint density at radius 2 is 1.65 bits per heavy atom. The molecule has 9 heteroatoms. The maximum Gasteiger partial charge on any atom is 0.228 e. The Morgan fingerprint density at radius 1 is 1.04 bits per heavy atom. The van der Waals surface area contributed by atoms with Gasteiger partial charge in [-0.05, 0) is 42.0 Å². The van der Waals surface area contributed by atoms with Crippen molar-refractivity contribution in [3.05, 3.63) is 64.6 Å². The lowest BCUT2D eigenvalue weighted by atomic mass is 10.1. The zero-order valence-electron chi connectivity index (χ0n) is 13.3. The van der Waals surface area contributed by atoms with Crippen LogP contribution in [0.15, 0.2) is 59.1 Å². The zero-order chi connectivity index (χ0) is 19.2. The summed E-state index contributed by atoms with van der Waals surface area (Å²) in [6.07, 6.45) is -0.841. The first-order valence-corrected chi connectivity index (χ1v) is 9.80. The standard InChI is InChI=1S/C17H15BrCl3N3OS/c18-12-6-8-13(9-7-12)22-16(26)24-15(17(19,20)21)23-14(25)10-11-4-2-1-3-5-11/h1-9,15H,10H2,(H,23,25)(H2,22,24,26)/t15-/m1/s1. The topological polar surface area (TPSA) is 53.2 Å². The van der Waals surface area contributed by atoms with Crippen LogP contribution in [0.4, 0.5) is 5.69 Å². The van der Waals surface area contributed by atoms with Gasteiger partial charge in [0, 0.05) is 10.2 Å². The molecule has 0 aromatic heterocycles. The van der Waals surface area contributed by atoms with Gasteiger partial charge in [-0.2, -0.15) is 0 Å². The van der Waals surface area contributed by atoms with Gasteiger partial charge in [0.2, 0.25) is 9.70 Å². The lowest BCUT2D eigenvalue weighted by Gasteiger charge is -2.27. The number of benzene rings is 2. The number of rotatable bonds is 5. The maximum atomic E-state index is 12.3. The summed E-state index contributed by atoms with van der Waals surface area (Å²) in [5, 5.41) is 8.65. The van der Waals surface area contributed by atoms with Crippen molar-refractivity contribution in [2.45, 2.75) is 16.4 Å². The third-order valence-corrected chi connectivity index (χ3v) is 4.62. The predicted octanol–water partition coefficient (Wildman–Crippen LogP) is 4.79.